The van der Waals surface area contributed by atoms with E-state index in [2.05, 4.69) is 21.2 Å². The molecule has 1 amide bonds. The first-order chi connectivity index (χ1) is 9.58. The molecule has 0 saturated heterocycles. The maximum absolute atomic E-state index is 11.7. The zero-order valence-corrected chi connectivity index (χ0v) is 14.3. The normalized spacial score (nSPS) is 12.6. The summed E-state index contributed by atoms with van der Waals surface area (Å²) in [5.41, 5.74) is -0.0640. The Kier molecular flexibility index (Phi) is 6.04. The first-order valence-electron chi connectivity index (χ1n) is 6.25. The lowest BCUT2D eigenvalue weighted by Crippen LogP contribution is -2.44. The molecule has 2 N–H and O–H groups in total. The number of benzene rings is 1. The molecule has 1 rings (SSSR count). The highest BCUT2D eigenvalue weighted by atomic mass is 79.9. The lowest BCUT2D eigenvalue weighted by Gasteiger charge is -2.22. The molecule has 21 heavy (non-hydrogen) atoms. The van der Waals surface area contributed by atoms with Crippen molar-refractivity contribution in [2.45, 2.75) is 38.8 Å². The predicted octanol–water partition coefficient (Wildman–Crippen LogP) is 3.62. The van der Waals surface area contributed by atoms with Gasteiger partial charge in [-0.2, -0.15) is 0 Å². The molecule has 0 fully saturated rings. The molecule has 0 bridgehead atoms. The zero-order valence-electron chi connectivity index (χ0n) is 11.9. The minimum atomic E-state index is -1.15. The van der Waals surface area contributed by atoms with Gasteiger partial charge in [0.25, 0.3) is 0 Å². The van der Waals surface area contributed by atoms with Crippen LogP contribution in [0.5, 0.6) is 0 Å². The molecule has 0 aliphatic rings. The molecule has 0 aromatic heterocycles. The van der Waals surface area contributed by atoms with Crippen molar-refractivity contribution in [1.29, 1.82) is 0 Å². The van der Waals surface area contributed by atoms with E-state index in [4.69, 9.17) is 16.3 Å². The summed E-state index contributed by atoms with van der Waals surface area (Å²) in [7, 11) is 0. The predicted molar refractivity (Wildman–Crippen MR) is 83.6 cm³/mol. The molecular weight excluding hydrogens is 362 g/mol. The third-order valence-corrected chi connectivity index (χ3v) is 3.27. The summed E-state index contributed by atoms with van der Waals surface area (Å²) >= 11 is 9.33. The SMILES string of the molecule is CC(C)(C)OC(=O)NC(Cc1ccc(Br)cc1Cl)C(=O)O. The number of aliphatic carboxylic acids is 1. The van der Waals surface area contributed by atoms with Crippen LogP contribution in [0.3, 0.4) is 0 Å². The maximum Gasteiger partial charge on any atom is 0.408 e. The molecule has 1 unspecified atom stereocenters. The van der Waals surface area contributed by atoms with Crippen molar-refractivity contribution < 1.29 is 19.4 Å². The second kappa shape index (κ2) is 7.13. The number of hydrogen-bond acceptors (Lipinski definition) is 3. The van der Waals surface area contributed by atoms with Gasteiger partial charge in [0.15, 0.2) is 0 Å². The van der Waals surface area contributed by atoms with Crippen LogP contribution in [-0.2, 0) is 16.0 Å². The van der Waals surface area contributed by atoms with Gasteiger partial charge in [0.1, 0.15) is 11.6 Å². The Bertz CT molecular complexity index is 542. The van der Waals surface area contributed by atoms with Gasteiger partial charge in [-0.05, 0) is 38.5 Å². The Labute approximate surface area is 136 Å². The smallest absolute Gasteiger partial charge is 0.408 e. The van der Waals surface area contributed by atoms with Crippen LogP contribution in [0.1, 0.15) is 26.3 Å². The van der Waals surface area contributed by atoms with Crippen LogP contribution in [0.4, 0.5) is 4.79 Å². The molecule has 0 radical (unpaired) electrons. The van der Waals surface area contributed by atoms with E-state index >= 15 is 0 Å². The van der Waals surface area contributed by atoms with E-state index in [9.17, 15) is 14.7 Å². The quantitative estimate of drug-likeness (QED) is 0.839. The van der Waals surface area contributed by atoms with Crippen LogP contribution in [0.2, 0.25) is 5.02 Å². The number of ether oxygens (including phenoxy) is 1. The zero-order chi connectivity index (χ0) is 16.2. The summed E-state index contributed by atoms with van der Waals surface area (Å²) in [6.45, 7) is 5.11. The van der Waals surface area contributed by atoms with Gasteiger partial charge < -0.3 is 15.2 Å². The number of amides is 1. The number of carbonyl (C=O) groups excluding carboxylic acids is 1. The van der Waals surface area contributed by atoms with Crippen molar-refractivity contribution in [3.63, 3.8) is 0 Å². The Morgan fingerprint density at radius 1 is 1.43 bits per heavy atom. The summed E-state index contributed by atoms with van der Waals surface area (Å²) in [6.07, 6.45) is -0.705. The summed E-state index contributed by atoms with van der Waals surface area (Å²) in [6, 6.07) is 4.02. The summed E-state index contributed by atoms with van der Waals surface area (Å²) in [4.78, 5) is 22.9. The van der Waals surface area contributed by atoms with E-state index in [0.717, 1.165) is 4.47 Å². The first kappa shape index (κ1) is 17.8. The Hall–Kier alpha value is -1.27. The van der Waals surface area contributed by atoms with Crippen LogP contribution in [-0.4, -0.2) is 28.8 Å². The molecule has 1 atom stereocenters. The molecule has 1 aromatic rings. The number of carboxylic acids is 1. The fourth-order valence-corrected chi connectivity index (χ4v) is 2.31. The third kappa shape index (κ3) is 6.35. The van der Waals surface area contributed by atoms with Gasteiger partial charge in [0.05, 0.1) is 0 Å². The standard InChI is InChI=1S/C14H17BrClNO4/c1-14(2,3)21-13(20)17-11(12(18)19)6-8-4-5-9(15)7-10(8)16/h4-5,7,11H,6H2,1-3H3,(H,17,20)(H,18,19). The number of nitrogens with one attached hydrogen (secondary N) is 1. The van der Waals surface area contributed by atoms with Gasteiger partial charge >= 0.3 is 12.1 Å². The Balaban J connectivity index is 2.79. The molecule has 0 spiro atoms. The van der Waals surface area contributed by atoms with E-state index in [1.54, 1.807) is 39.0 Å². The van der Waals surface area contributed by atoms with Crippen LogP contribution in [0, 0.1) is 0 Å². The molecule has 5 nitrogen and oxygen atoms in total. The maximum atomic E-state index is 11.7. The number of hydrogen-bond donors (Lipinski definition) is 2. The fourth-order valence-electron chi connectivity index (χ4n) is 1.56. The Morgan fingerprint density at radius 3 is 2.52 bits per heavy atom. The lowest BCUT2D eigenvalue weighted by atomic mass is 10.1. The summed E-state index contributed by atoms with van der Waals surface area (Å²) < 4.78 is 5.85. The molecule has 0 heterocycles. The summed E-state index contributed by atoms with van der Waals surface area (Å²) in [5, 5.41) is 12.0. The summed E-state index contributed by atoms with van der Waals surface area (Å²) in [5.74, 6) is -1.15. The third-order valence-electron chi connectivity index (χ3n) is 2.43. The molecular formula is C14H17BrClNO4. The molecule has 0 saturated carbocycles. The van der Waals surface area contributed by atoms with Crippen molar-refractivity contribution >= 4 is 39.6 Å². The topological polar surface area (TPSA) is 75.6 Å². The average Bonchev–Trinajstić information content (AvgIpc) is 2.28. The minimum absolute atomic E-state index is 0.0701. The number of carbonyl (C=O) groups is 2. The second-order valence-corrected chi connectivity index (χ2v) is 6.80. The highest BCUT2D eigenvalue weighted by molar-refractivity contribution is 9.10. The number of carboxylic acid groups (broad SMARTS) is 1. The van der Waals surface area contributed by atoms with Gasteiger partial charge in [-0.1, -0.05) is 33.6 Å². The van der Waals surface area contributed by atoms with E-state index < -0.39 is 23.7 Å². The monoisotopic (exact) mass is 377 g/mol. The van der Waals surface area contributed by atoms with Crippen LogP contribution >= 0.6 is 27.5 Å². The van der Waals surface area contributed by atoms with Crippen molar-refractivity contribution in [1.82, 2.24) is 5.32 Å². The number of rotatable bonds is 4. The molecule has 1 aromatic carbocycles. The average molecular weight is 379 g/mol. The van der Waals surface area contributed by atoms with Gasteiger partial charge in [0, 0.05) is 15.9 Å². The first-order valence-corrected chi connectivity index (χ1v) is 7.42. The molecule has 0 aliphatic heterocycles. The van der Waals surface area contributed by atoms with Crippen molar-refractivity contribution in [2.75, 3.05) is 0 Å². The van der Waals surface area contributed by atoms with E-state index in [1.165, 1.54) is 0 Å². The Morgan fingerprint density at radius 2 is 2.05 bits per heavy atom. The van der Waals surface area contributed by atoms with Crippen LogP contribution < -0.4 is 5.32 Å². The lowest BCUT2D eigenvalue weighted by molar-refractivity contribution is -0.139. The van der Waals surface area contributed by atoms with Crippen LogP contribution in [0.25, 0.3) is 0 Å². The largest absolute Gasteiger partial charge is 0.480 e. The number of alkyl carbamates (subject to hydrolysis) is 1. The van der Waals surface area contributed by atoms with Gasteiger partial charge in [-0.25, -0.2) is 9.59 Å². The molecule has 7 heteroatoms. The van der Waals surface area contributed by atoms with Crippen molar-refractivity contribution in [3.05, 3.63) is 33.3 Å². The van der Waals surface area contributed by atoms with E-state index in [-0.39, 0.29) is 6.42 Å². The molecule has 0 aliphatic carbocycles. The highest BCUT2D eigenvalue weighted by Crippen LogP contribution is 2.22. The van der Waals surface area contributed by atoms with Gasteiger partial charge in [-0.15, -0.1) is 0 Å². The molecule has 116 valence electrons. The fraction of sp³-hybridized carbons (Fsp3) is 0.429. The van der Waals surface area contributed by atoms with Gasteiger partial charge in [-0.3, -0.25) is 0 Å². The second-order valence-electron chi connectivity index (χ2n) is 5.48. The minimum Gasteiger partial charge on any atom is -0.480 e. The van der Waals surface area contributed by atoms with E-state index in [0.29, 0.717) is 10.6 Å². The van der Waals surface area contributed by atoms with Crippen molar-refractivity contribution in [3.8, 4) is 0 Å². The van der Waals surface area contributed by atoms with Crippen LogP contribution in [0.15, 0.2) is 22.7 Å². The van der Waals surface area contributed by atoms with Gasteiger partial charge in [0.2, 0.25) is 0 Å². The van der Waals surface area contributed by atoms with Crippen molar-refractivity contribution in [2.24, 2.45) is 0 Å². The van der Waals surface area contributed by atoms with E-state index in [1.807, 2.05) is 0 Å². The highest BCUT2D eigenvalue weighted by Gasteiger charge is 2.24. The number of halogens is 2.